The van der Waals surface area contributed by atoms with E-state index in [0.717, 1.165) is 33.5 Å². The number of aromatic nitrogens is 3. The molecule has 0 fully saturated rings. The zero-order valence-corrected chi connectivity index (χ0v) is 21.5. The number of carbonyl (C=O) groups excluding carboxylic acids is 2. The van der Waals surface area contributed by atoms with Crippen LogP contribution in [0.3, 0.4) is 0 Å². The van der Waals surface area contributed by atoms with Crippen LogP contribution in [0.25, 0.3) is 22.6 Å². The fraction of sp³-hybridized carbons (Fsp3) is 0.276. The first kappa shape index (κ1) is 25.1. The number of amides is 2. The van der Waals surface area contributed by atoms with Gasteiger partial charge in [0.15, 0.2) is 0 Å². The summed E-state index contributed by atoms with van der Waals surface area (Å²) in [6.07, 6.45) is 5.03. The quantitative estimate of drug-likeness (QED) is 0.395. The fourth-order valence-electron chi connectivity index (χ4n) is 4.61. The van der Waals surface area contributed by atoms with Crippen LogP contribution in [0, 0.1) is 0 Å². The van der Waals surface area contributed by atoms with E-state index in [-0.39, 0.29) is 5.91 Å². The van der Waals surface area contributed by atoms with E-state index in [1.165, 1.54) is 6.39 Å². The highest BCUT2D eigenvalue weighted by Gasteiger charge is 2.34. The molecule has 4 aromatic rings. The summed E-state index contributed by atoms with van der Waals surface area (Å²) in [6.45, 7) is 5.82. The van der Waals surface area contributed by atoms with Crippen LogP contribution in [0.1, 0.15) is 31.9 Å². The third-order valence-corrected chi connectivity index (χ3v) is 6.24. The Hall–Kier alpha value is -4.53. The predicted molar refractivity (Wildman–Crippen MR) is 142 cm³/mol. The fourth-order valence-corrected chi connectivity index (χ4v) is 4.61. The summed E-state index contributed by atoms with van der Waals surface area (Å²) in [5.41, 5.74) is 4.54. The minimum absolute atomic E-state index is 0.221. The molecular formula is C29H29N5O4. The van der Waals surface area contributed by atoms with Crippen LogP contribution < -0.4 is 10.2 Å². The molecule has 1 aliphatic rings. The average molecular weight is 512 g/mol. The van der Waals surface area contributed by atoms with Crippen molar-refractivity contribution in [3.05, 3.63) is 84.5 Å². The van der Waals surface area contributed by atoms with Crippen LogP contribution in [0.2, 0.25) is 0 Å². The Morgan fingerprint density at radius 2 is 1.84 bits per heavy atom. The third-order valence-electron chi connectivity index (χ3n) is 6.24. The summed E-state index contributed by atoms with van der Waals surface area (Å²) in [5, 5.41) is 10.8. The zero-order chi connectivity index (χ0) is 26.7. The van der Waals surface area contributed by atoms with Gasteiger partial charge in [0, 0.05) is 36.6 Å². The number of anilines is 1. The topological polar surface area (TPSA) is 110 Å². The van der Waals surface area contributed by atoms with Crippen molar-refractivity contribution >= 4 is 17.7 Å². The van der Waals surface area contributed by atoms with Crippen LogP contribution in [-0.4, -0.2) is 45.4 Å². The summed E-state index contributed by atoms with van der Waals surface area (Å²) in [5.74, 6) is 0.168. The van der Waals surface area contributed by atoms with Crippen LogP contribution >= 0.6 is 0 Å². The number of fused-ring (bicyclic) bond motifs is 1. The van der Waals surface area contributed by atoms with Crippen molar-refractivity contribution in [1.29, 1.82) is 0 Å². The SMILES string of the molecule is CC(C)(C)OC(=O)N[C@@H](Cc1ccccc1)C(=O)N1CCc2c(-c3nnco3)cc(-c3ccncc3)cc21. The lowest BCUT2D eigenvalue weighted by atomic mass is 9.97. The number of ether oxygens (including phenoxy) is 1. The van der Waals surface area contributed by atoms with E-state index < -0.39 is 17.7 Å². The number of alkyl carbamates (subject to hydrolysis) is 1. The van der Waals surface area contributed by atoms with Gasteiger partial charge in [0.05, 0.1) is 0 Å². The molecule has 9 heteroatoms. The van der Waals surface area contributed by atoms with Gasteiger partial charge in [-0.15, -0.1) is 10.2 Å². The van der Waals surface area contributed by atoms with Gasteiger partial charge in [-0.05, 0) is 73.7 Å². The Bertz CT molecular complexity index is 1420. The molecule has 0 saturated carbocycles. The first-order valence-corrected chi connectivity index (χ1v) is 12.5. The maximum atomic E-state index is 14.1. The number of pyridine rings is 1. The molecule has 1 atom stereocenters. The number of nitrogens with one attached hydrogen (secondary N) is 1. The summed E-state index contributed by atoms with van der Waals surface area (Å²) in [6, 6.07) is 16.6. The smallest absolute Gasteiger partial charge is 0.408 e. The number of nitrogens with zero attached hydrogens (tertiary/aromatic N) is 4. The molecule has 0 radical (unpaired) electrons. The molecule has 194 valence electrons. The Labute approximate surface area is 220 Å². The number of benzene rings is 2. The lowest BCUT2D eigenvalue weighted by Gasteiger charge is -2.27. The lowest BCUT2D eigenvalue weighted by molar-refractivity contribution is -0.120. The molecule has 0 bridgehead atoms. The summed E-state index contributed by atoms with van der Waals surface area (Å²) >= 11 is 0. The number of hydrogen-bond acceptors (Lipinski definition) is 7. The van der Waals surface area contributed by atoms with Gasteiger partial charge in [-0.25, -0.2) is 4.79 Å². The van der Waals surface area contributed by atoms with Crippen molar-refractivity contribution in [2.75, 3.05) is 11.4 Å². The van der Waals surface area contributed by atoms with Crippen molar-refractivity contribution in [2.24, 2.45) is 0 Å². The minimum atomic E-state index is -0.824. The molecule has 2 amide bonds. The van der Waals surface area contributed by atoms with Crippen LogP contribution in [0.15, 0.2) is 77.8 Å². The Morgan fingerprint density at radius 1 is 1.08 bits per heavy atom. The first-order chi connectivity index (χ1) is 18.3. The molecule has 1 N–H and O–H groups in total. The average Bonchev–Trinajstić information content (AvgIpc) is 3.58. The van der Waals surface area contributed by atoms with Crippen LogP contribution in [0.4, 0.5) is 10.5 Å². The molecule has 0 spiro atoms. The van der Waals surface area contributed by atoms with Crippen molar-refractivity contribution < 1.29 is 18.7 Å². The minimum Gasteiger partial charge on any atom is -0.444 e. The lowest BCUT2D eigenvalue weighted by Crippen LogP contribution is -2.50. The van der Waals surface area contributed by atoms with Gasteiger partial charge in [-0.2, -0.15) is 0 Å². The molecule has 0 saturated heterocycles. The molecular weight excluding hydrogens is 482 g/mol. The molecule has 38 heavy (non-hydrogen) atoms. The molecule has 2 aromatic heterocycles. The summed E-state index contributed by atoms with van der Waals surface area (Å²) in [4.78, 5) is 32.6. The van der Waals surface area contributed by atoms with E-state index >= 15 is 0 Å². The second-order valence-corrected chi connectivity index (χ2v) is 10.1. The molecule has 3 heterocycles. The van der Waals surface area contributed by atoms with Gasteiger partial charge in [0.25, 0.3) is 0 Å². The molecule has 1 aliphatic heterocycles. The molecule has 0 unspecified atom stereocenters. The molecule has 2 aromatic carbocycles. The molecule has 5 rings (SSSR count). The van der Waals surface area contributed by atoms with Gasteiger partial charge < -0.3 is 19.4 Å². The maximum absolute atomic E-state index is 14.1. The van der Waals surface area contributed by atoms with Gasteiger partial charge >= 0.3 is 6.09 Å². The van der Waals surface area contributed by atoms with Crippen molar-refractivity contribution in [3.63, 3.8) is 0 Å². The Kier molecular flexibility index (Phi) is 6.91. The highest BCUT2D eigenvalue weighted by molar-refractivity contribution is 6.02. The van der Waals surface area contributed by atoms with Crippen LogP contribution in [-0.2, 0) is 22.4 Å². The number of carbonyl (C=O) groups is 2. The second-order valence-electron chi connectivity index (χ2n) is 10.1. The largest absolute Gasteiger partial charge is 0.444 e. The van der Waals surface area contributed by atoms with E-state index in [9.17, 15) is 9.59 Å². The highest BCUT2D eigenvalue weighted by Crippen LogP contribution is 2.40. The zero-order valence-electron chi connectivity index (χ0n) is 21.5. The highest BCUT2D eigenvalue weighted by atomic mass is 16.6. The summed E-state index contributed by atoms with van der Waals surface area (Å²) in [7, 11) is 0. The van der Waals surface area contributed by atoms with Crippen molar-refractivity contribution in [1.82, 2.24) is 20.5 Å². The maximum Gasteiger partial charge on any atom is 0.408 e. The Morgan fingerprint density at radius 3 is 2.53 bits per heavy atom. The monoisotopic (exact) mass is 511 g/mol. The van der Waals surface area contributed by atoms with E-state index in [1.807, 2.05) is 54.6 Å². The molecule has 9 nitrogen and oxygen atoms in total. The van der Waals surface area contributed by atoms with E-state index in [0.29, 0.717) is 25.3 Å². The number of rotatable bonds is 6. The summed E-state index contributed by atoms with van der Waals surface area (Å²) < 4.78 is 11.0. The van der Waals surface area contributed by atoms with Gasteiger partial charge in [-0.1, -0.05) is 30.3 Å². The van der Waals surface area contributed by atoms with Crippen molar-refractivity contribution in [2.45, 2.75) is 45.3 Å². The van der Waals surface area contributed by atoms with E-state index in [1.54, 1.807) is 38.1 Å². The normalized spacial score (nSPS) is 13.6. The third kappa shape index (κ3) is 5.56. The second kappa shape index (κ2) is 10.5. The van der Waals surface area contributed by atoms with Crippen LogP contribution in [0.5, 0.6) is 0 Å². The van der Waals surface area contributed by atoms with Gasteiger partial charge in [-0.3, -0.25) is 9.78 Å². The van der Waals surface area contributed by atoms with Crippen molar-refractivity contribution in [3.8, 4) is 22.6 Å². The Balaban J connectivity index is 1.52. The number of hydrogen-bond donors (Lipinski definition) is 1. The van der Waals surface area contributed by atoms with E-state index in [4.69, 9.17) is 9.15 Å². The van der Waals surface area contributed by atoms with Gasteiger partial charge in [0.1, 0.15) is 11.6 Å². The van der Waals surface area contributed by atoms with E-state index in [2.05, 4.69) is 20.5 Å². The first-order valence-electron chi connectivity index (χ1n) is 12.5. The standard InChI is InChI=1S/C29H29N5O4/c1-29(2,3)38-28(36)32-24(15-19-7-5-4-6-8-19)27(35)34-14-11-22-23(26-33-31-18-37-26)16-21(17-25(22)34)20-9-12-30-13-10-20/h4-10,12-13,16-18,24H,11,14-15H2,1-3H3,(H,32,36)/t24-/m0/s1. The predicted octanol–water partition coefficient (Wildman–Crippen LogP) is 4.82. The van der Waals surface area contributed by atoms with Gasteiger partial charge in [0.2, 0.25) is 18.2 Å². The molecule has 0 aliphatic carbocycles.